The molecule has 4 heterocycles. The van der Waals surface area contributed by atoms with Crippen LogP contribution in [0.4, 0.5) is 0 Å². The van der Waals surface area contributed by atoms with Crippen molar-refractivity contribution < 1.29 is 98.9 Å². The topological polar surface area (TPSA) is 345 Å². The molecule has 4 fully saturated rings. The highest BCUT2D eigenvalue weighted by Gasteiger charge is 2.56. The van der Waals surface area contributed by atoms with E-state index >= 15 is 0 Å². The van der Waals surface area contributed by atoms with Gasteiger partial charge in [0.25, 0.3) is 0 Å². The van der Waals surface area contributed by atoms with Gasteiger partial charge in [-0.15, -0.1) is 0 Å². The van der Waals surface area contributed by atoms with Gasteiger partial charge in [0.1, 0.15) is 91.4 Å². The van der Waals surface area contributed by atoms with Crippen LogP contribution in [0.15, 0.2) is 0 Å². The molecule has 0 saturated carbocycles. The molecule has 4 rings (SSSR count). The monoisotopic (exact) mass is 732 g/mol. The Bertz CT molecular complexity index is 1130. The summed E-state index contributed by atoms with van der Waals surface area (Å²) in [5.41, 5.74) is 0. The van der Waals surface area contributed by atoms with Crippen molar-refractivity contribution in [1.82, 2.24) is 10.6 Å². The molecule has 0 aromatic carbocycles. The molecule has 20 atom stereocenters. The molecule has 4 saturated heterocycles. The van der Waals surface area contributed by atoms with Crippen molar-refractivity contribution in [1.29, 1.82) is 0 Å². The van der Waals surface area contributed by atoms with Crippen LogP contribution in [0, 0.1) is 0 Å². The minimum absolute atomic E-state index is 0.707. The van der Waals surface area contributed by atoms with Gasteiger partial charge in [0.2, 0.25) is 11.8 Å². The lowest BCUT2D eigenvalue weighted by Gasteiger charge is -2.51. The summed E-state index contributed by atoms with van der Waals surface area (Å²) in [5, 5.41) is 120. The first-order valence-electron chi connectivity index (χ1n) is 15.9. The smallest absolute Gasteiger partial charge is 0.217 e. The summed E-state index contributed by atoms with van der Waals surface area (Å²) in [7, 11) is 0. The number of hydrogen-bond acceptors (Lipinski definition) is 20. The van der Waals surface area contributed by atoms with Crippen LogP contribution in [0.3, 0.4) is 0 Å². The van der Waals surface area contributed by atoms with Gasteiger partial charge in [0, 0.05) is 13.8 Å². The fourth-order valence-corrected chi connectivity index (χ4v) is 6.26. The molecule has 0 bridgehead atoms. The molecule has 4 aliphatic rings. The number of nitrogens with one attached hydrogen (secondary N) is 2. The van der Waals surface area contributed by atoms with Gasteiger partial charge in [-0.3, -0.25) is 9.59 Å². The van der Waals surface area contributed by atoms with E-state index in [1.165, 1.54) is 6.92 Å². The standard InChI is InChI=1S/C28H48N2O20/c1-7-15(36)20(41)21(42)27(44-7)50-24-23(49-26-13(29-8(2)34)19(40)16(37)10(4-31)46-26)18(39)12(6-33)47-28(24)48-22-14(30-9(3)35)25(43)45-11(5-32)17(22)38/h7,10-28,31-33,36-43H,4-6H2,1-3H3,(H,29,34)(H,30,35)/t7-,10+,11+,12+,13+,14+,15+,16-,17-,18-,19+,20+,21-,22+,23-,24+,25?,26?,27?,28?/m0/s1. The van der Waals surface area contributed by atoms with Gasteiger partial charge in [-0.25, -0.2) is 0 Å². The molecule has 4 unspecified atom stereocenters. The quantitative estimate of drug-likeness (QED) is 0.0938. The Morgan fingerprint density at radius 2 is 1.00 bits per heavy atom. The zero-order valence-electron chi connectivity index (χ0n) is 27.3. The summed E-state index contributed by atoms with van der Waals surface area (Å²) in [6.07, 6.45) is -31.1. The van der Waals surface area contributed by atoms with Crippen molar-refractivity contribution in [2.24, 2.45) is 0 Å². The van der Waals surface area contributed by atoms with Crippen molar-refractivity contribution in [2.75, 3.05) is 19.8 Å². The van der Waals surface area contributed by atoms with E-state index < -0.39 is 154 Å². The Balaban J connectivity index is 1.77. The number of ether oxygens (including phenoxy) is 7. The van der Waals surface area contributed by atoms with Crippen LogP contribution in [-0.2, 0) is 42.7 Å². The molecule has 0 aromatic rings. The minimum Gasteiger partial charge on any atom is -0.394 e. The van der Waals surface area contributed by atoms with Crippen molar-refractivity contribution in [2.45, 2.75) is 143 Å². The third-order valence-corrected chi connectivity index (χ3v) is 8.97. The Kier molecular flexibility index (Phi) is 14.2. The van der Waals surface area contributed by atoms with Gasteiger partial charge in [-0.05, 0) is 6.92 Å². The summed E-state index contributed by atoms with van der Waals surface area (Å²) in [6, 6.07) is -3.09. The zero-order chi connectivity index (χ0) is 37.2. The van der Waals surface area contributed by atoms with Crippen LogP contribution in [0.5, 0.6) is 0 Å². The van der Waals surface area contributed by atoms with Crippen molar-refractivity contribution in [3.05, 3.63) is 0 Å². The average Bonchev–Trinajstić information content (AvgIpc) is 3.07. The predicted octanol–water partition coefficient (Wildman–Crippen LogP) is -8.43. The summed E-state index contributed by atoms with van der Waals surface area (Å²) in [6.45, 7) is 0.914. The molecule has 290 valence electrons. The molecule has 0 aliphatic carbocycles. The lowest BCUT2D eigenvalue weighted by Crippen LogP contribution is -2.70. The van der Waals surface area contributed by atoms with Crippen LogP contribution in [0.2, 0.25) is 0 Å². The van der Waals surface area contributed by atoms with E-state index in [4.69, 9.17) is 33.2 Å². The molecule has 50 heavy (non-hydrogen) atoms. The van der Waals surface area contributed by atoms with Gasteiger partial charge in [-0.1, -0.05) is 0 Å². The zero-order valence-corrected chi connectivity index (χ0v) is 27.3. The van der Waals surface area contributed by atoms with Crippen molar-refractivity contribution >= 4 is 11.8 Å². The highest BCUT2D eigenvalue weighted by atomic mass is 16.8. The third-order valence-electron chi connectivity index (χ3n) is 8.97. The Morgan fingerprint density at radius 3 is 1.58 bits per heavy atom. The molecule has 2 amide bonds. The number of carbonyl (C=O) groups excluding carboxylic acids is 2. The lowest BCUT2D eigenvalue weighted by molar-refractivity contribution is -0.396. The Morgan fingerprint density at radius 1 is 0.520 bits per heavy atom. The maximum absolute atomic E-state index is 12.1. The summed E-state index contributed by atoms with van der Waals surface area (Å²) in [5.74, 6) is -1.42. The number of aliphatic hydroxyl groups excluding tert-OH is 11. The fourth-order valence-electron chi connectivity index (χ4n) is 6.26. The van der Waals surface area contributed by atoms with Gasteiger partial charge in [-0.2, -0.15) is 0 Å². The first kappa shape index (κ1) is 41.0. The van der Waals surface area contributed by atoms with Gasteiger partial charge in [0.15, 0.2) is 25.2 Å². The molecule has 0 spiro atoms. The molecule has 0 radical (unpaired) electrons. The van der Waals surface area contributed by atoms with Crippen LogP contribution in [0.25, 0.3) is 0 Å². The number of hydrogen-bond donors (Lipinski definition) is 13. The first-order chi connectivity index (χ1) is 23.5. The lowest BCUT2D eigenvalue weighted by atomic mass is 9.94. The number of rotatable bonds is 11. The molecular formula is C28H48N2O20. The van der Waals surface area contributed by atoms with E-state index in [9.17, 15) is 65.8 Å². The normalized spacial score (nSPS) is 48.5. The fraction of sp³-hybridized carbons (Fsp3) is 0.929. The van der Waals surface area contributed by atoms with Crippen LogP contribution in [0.1, 0.15) is 20.8 Å². The Labute approximate surface area is 285 Å². The summed E-state index contributed by atoms with van der Waals surface area (Å²) < 4.78 is 40.3. The highest BCUT2D eigenvalue weighted by molar-refractivity contribution is 5.73. The Hall–Kier alpha value is -1.78. The highest BCUT2D eigenvalue weighted by Crippen LogP contribution is 2.36. The van der Waals surface area contributed by atoms with Gasteiger partial charge < -0.3 is 100.0 Å². The molecule has 4 aliphatic heterocycles. The molecule has 22 heteroatoms. The van der Waals surface area contributed by atoms with Crippen molar-refractivity contribution in [3.8, 4) is 0 Å². The molecule has 22 nitrogen and oxygen atoms in total. The second kappa shape index (κ2) is 17.4. The maximum atomic E-state index is 12.1. The number of amides is 2. The summed E-state index contributed by atoms with van der Waals surface area (Å²) in [4.78, 5) is 24.1. The van der Waals surface area contributed by atoms with E-state index in [1.54, 1.807) is 0 Å². The molecule has 0 aromatic heterocycles. The second-order valence-corrected chi connectivity index (χ2v) is 12.6. The summed E-state index contributed by atoms with van der Waals surface area (Å²) >= 11 is 0. The number of carbonyl (C=O) groups is 2. The third kappa shape index (κ3) is 8.70. The van der Waals surface area contributed by atoms with Gasteiger partial charge >= 0.3 is 0 Å². The van der Waals surface area contributed by atoms with E-state index in [0.717, 1.165) is 13.8 Å². The van der Waals surface area contributed by atoms with E-state index in [2.05, 4.69) is 10.6 Å². The second-order valence-electron chi connectivity index (χ2n) is 12.6. The van der Waals surface area contributed by atoms with E-state index in [0.29, 0.717) is 0 Å². The largest absolute Gasteiger partial charge is 0.394 e. The maximum Gasteiger partial charge on any atom is 0.217 e. The number of aliphatic hydroxyl groups is 11. The predicted molar refractivity (Wildman–Crippen MR) is 156 cm³/mol. The minimum atomic E-state index is -1.95. The SMILES string of the molecule is CC(=O)N[C@H]1C(O[C@H]2[C@@H](O)[C@@H](CO)OC(O[C@H]3[C@@H](O)[C@@H](CO)OC(O)[C@@H]3NC(C)=O)[C@@H]2OC2O[C@@H](C)[C@@H](O)[C@@H](O)[C@@H]2O)O[C@H](CO)[C@H](O)[C@@H]1O. The first-order valence-corrected chi connectivity index (χ1v) is 15.9. The average molecular weight is 733 g/mol. The van der Waals surface area contributed by atoms with E-state index in [-0.39, 0.29) is 0 Å². The van der Waals surface area contributed by atoms with Crippen LogP contribution in [-0.4, -0.2) is 211 Å². The van der Waals surface area contributed by atoms with Crippen LogP contribution < -0.4 is 10.6 Å². The van der Waals surface area contributed by atoms with Gasteiger partial charge in [0.05, 0.1) is 25.9 Å². The van der Waals surface area contributed by atoms with Crippen LogP contribution >= 0.6 is 0 Å². The van der Waals surface area contributed by atoms with E-state index in [1.807, 2.05) is 0 Å². The molecular weight excluding hydrogens is 684 g/mol. The van der Waals surface area contributed by atoms with Crippen molar-refractivity contribution in [3.63, 3.8) is 0 Å². The molecule has 13 N–H and O–H groups in total.